The minimum Gasteiger partial charge on any atom is -0.336 e. The van der Waals surface area contributed by atoms with E-state index in [-0.39, 0.29) is 12.1 Å². The molecule has 0 atom stereocenters. The van der Waals surface area contributed by atoms with Crippen LogP contribution in [0.4, 0.5) is 10.5 Å². The van der Waals surface area contributed by atoms with Crippen LogP contribution in [0.15, 0.2) is 24.3 Å². The van der Waals surface area contributed by atoms with Crippen LogP contribution >= 0.6 is 0 Å². The molecule has 3 nitrogen and oxygen atoms in total. The number of hydrogen-bond acceptors (Lipinski definition) is 1. The minimum absolute atomic E-state index is 0.129. The van der Waals surface area contributed by atoms with E-state index in [1.165, 1.54) is 37.7 Å². The predicted octanol–water partition coefficient (Wildman–Crippen LogP) is 4.26. The summed E-state index contributed by atoms with van der Waals surface area (Å²) in [5.41, 5.74) is 2.25. The largest absolute Gasteiger partial charge is 0.336 e. The second-order valence-corrected chi connectivity index (χ2v) is 5.71. The molecule has 1 fully saturated rings. The van der Waals surface area contributed by atoms with Crippen LogP contribution in [0.25, 0.3) is 0 Å². The number of benzene rings is 1. The van der Waals surface area contributed by atoms with Gasteiger partial charge in [0.1, 0.15) is 0 Å². The molecule has 2 rings (SSSR count). The summed E-state index contributed by atoms with van der Waals surface area (Å²) in [6.07, 6.45) is 6.58. The summed E-state index contributed by atoms with van der Waals surface area (Å²) in [5.74, 6) is 0.670. The Bertz CT molecular complexity index is 423. The molecule has 2 amide bonds. The summed E-state index contributed by atoms with van der Waals surface area (Å²) in [5, 5.41) is 5.74. The first-order chi connectivity index (χ1) is 9.15. The van der Waals surface area contributed by atoms with Crippen LogP contribution < -0.4 is 10.6 Å². The van der Waals surface area contributed by atoms with Crippen molar-refractivity contribution in [2.75, 3.05) is 5.32 Å². The maximum absolute atomic E-state index is 11.7. The van der Waals surface area contributed by atoms with Gasteiger partial charge in [0.2, 0.25) is 0 Å². The SMILES string of the molecule is CC(C)NC(=O)Nc1cccc(C2CCCCC2)c1. The van der Waals surface area contributed by atoms with Gasteiger partial charge in [-0.15, -0.1) is 0 Å². The van der Waals surface area contributed by atoms with Crippen molar-refractivity contribution in [2.24, 2.45) is 0 Å². The lowest BCUT2D eigenvalue weighted by atomic mass is 9.84. The molecule has 1 saturated carbocycles. The highest BCUT2D eigenvalue weighted by Gasteiger charge is 2.15. The fraction of sp³-hybridized carbons (Fsp3) is 0.562. The molecular formula is C16H24N2O. The summed E-state index contributed by atoms with van der Waals surface area (Å²) in [6.45, 7) is 3.91. The molecule has 1 aliphatic carbocycles. The topological polar surface area (TPSA) is 41.1 Å². The maximum Gasteiger partial charge on any atom is 0.319 e. The van der Waals surface area contributed by atoms with Crippen molar-refractivity contribution >= 4 is 11.7 Å². The van der Waals surface area contributed by atoms with E-state index in [4.69, 9.17) is 0 Å². The maximum atomic E-state index is 11.7. The first kappa shape index (κ1) is 13.9. The van der Waals surface area contributed by atoms with Crippen molar-refractivity contribution in [3.05, 3.63) is 29.8 Å². The zero-order chi connectivity index (χ0) is 13.7. The summed E-state index contributed by atoms with van der Waals surface area (Å²) in [6, 6.07) is 8.32. The van der Waals surface area contributed by atoms with Gasteiger partial charge in [0.15, 0.2) is 0 Å². The van der Waals surface area contributed by atoms with E-state index in [0.717, 1.165) is 5.69 Å². The van der Waals surface area contributed by atoms with Crippen molar-refractivity contribution in [3.63, 3.8) is 0 Å². The number of rotatable bonds is 3. The number of anilines is 1. The van der Waals surface area contributed by atoms with E-state index in [0.29, 0.717) is 5.92 Å². The third-order valence-corrected chi connectivity index (χ3v) is 3.64. The van der Waals surface area contributed by atoms with Crippen molar-refractivity contribution in [1.82, 2.24) is 5.32 Å². The Morgan fingerprint density at radius 2 is 1.95 bits per heavy atom. The van der Waals surface area contributed by atoms with Gasteiger partial charge in [-0.25, -0.2) is 4.79 Å². The molecule has 0 bridgehead atoms. The zero-order valence-corrected chi connectivity index (χ0v) is 11.9. The van der Waals surface area contributed by atoms with E-state index in [1.54, 1.807) is 0 Å². The molecule has 2 N–H and O–H groups in total. The smallest absolute Gasteiger partial charge is 0.319 e. The van der Waals surface area contributed by atoms with Crippen molar-refractivity contribution in [2.45, 2.75) is 57.9 Å². The van der Waals surface area contributed by atoms with Gasteiger partial charge < -0.3 is 10.6 Å². The molecular weight excluding hydrogens is 236 g/mol. The normalized spacial score (nSPS) is 16.4. The van der Waals surface area contributed by atoms with Gasteiger partial charge in [0.05, 0.1) is 0 Å². The molecule has 1 aromatic rings. The van der Waals surface area contributed by atoms with Gasteiger partial charge in [-0.05, 0) is 50.3 Å². The van der Waals surface area contributed by atoms with Crippen molar-refractivity contribution in [1.29, 1.82) is 0 Å². The number of hydrogen-bond donors (Lipinski definition) is 2. The van der Waals surface area contributed by atoms with Gasteiger partial charge in [-0.2, -0.15) is 0 Å². The van der Waals surface area contributed by atoms with Crippen LogP contribution in [0.3, 0.4) is 0 Å². The van der Waals surface area contributed by atoms with Crippen molar-refractivity contribution in [3.8, 4) is 0 Å². The lowest BCUT2D eigenvalue weighted by Crippen LogP contribution is -2.34. The monoisotopic (exact) mass is 260 g/mol. The van der Waals surface area contributed by atoms with E-state index in [2.05, 4.69) is 22.8 Å². The van der Waals surface area contributed by atoms with E-state index in [1.807, 2.05) is 26.0 Å². The van der Waals surface area contributed by atoms with Crippen LogP contribution in [-0.4, -0.2) is 12.1 Å². The highest BCUT2D eigenvalue weighted by Crippen LogP contribution is 2.33. The minimum atomic E-state index is -0.129. The Kier molecular flexibility index (Phi) is 4.83. The molecule has 0 aliphatic heterocycles. The van der Waals surface area contributed by atoms with Gasteiger partial charge in [0, 0.05) is 11.7 Å². The van der Waals surface area contributed by atoms with Crippen LogP contribution in [0.1, 0.15) is 57.4 Å². The highest BCUT2D eigenvalue weighted by atomic mass is 16.2. The van der Waals surface area contributed by atoms with E-state index >= 15 is 0 Å². The van der Waals surface area contributed by atoms with Gasteiger partial charge in [0.25, 0.3) is 0 Å². The third kappa shape index (κ3) is 4.27. The fourth-order valence-corrected chi connectivity index (χ4v) is 2.74. The lowest BCUT2D eigenvalue weighted by molar-refractivity contribution is 0.250. The summed E-state index contributed by atoms with van der Waals surface area (Å²) < 4.78 is 0. The second kappa shape index (κ2) is 6.60. The molecule has 1 aromatic carbocycles. The Morgan fingerprint density at radius 3 is 2.63 bits per heavy atom. The number of carbonyl (C=O) groups excluding carboxylic acids is 1. The van der Waals surface area contributed by atoms with Crippen LogP contribution in [-0.2, 0) is 0 Å². The number of urea groups is 1. The number of carbonyl (C=O) groups is 1. The molecule has 1 aliphatic rings. The predicted molar refractivity (Wildman–Crippen MR) is 79.6 cm³/mol. The van der Waals surface area contributed by atoms with Crippen LogP contribution in [0.2, 0.25) is 0 Å². The van der Waals surface area contributed by atoms with Gasteiger partial charge in [-0.3, -0.25) is 0 Å². The third-order valence-electron chi connectivity index (χ3n) is 3.64. The van der Waals surface area contributed by atoms with Gasteiger partial charge >= 0.3 is 6.03 Å². The van der Waals surface area contributed by atoms with E-state index < -0.39 is 0 Å². The van der Waals surface area contributed by atoms with Gasteiger partial charge in [-0.1, -0.05) is 31.4 Å². The standard InChI is InChI=1S/C16H24N2O/c1-12(2)17-16(19)18-15-10-6-9-14(11-15)13-7-4-3-5-8-13/h6,9-13H,3-5,7-8H2,1-2H3,(H2,17,18,19). The first-order valence-electron chi connectivity index (χ1n) is 7.32. The average Bonchev–Trinajstić information content (AvgIpc) is 2.39. The zero-order valence-electron chi connectivity index (χ0n) is 11.9. The van der Waals surface area contributed by atoms with Crippen LogP contribution in [0.5, 0.6) is 0 Å². The quantitative estimate of drug-likeness (QED) is 0.837. The molecule has 104 valence electrons. The Morgan fingerprint density at radius 1 is 1.21 bits per heavy atom. The Hall–Kier alpha value is -1.51. The molecule has 0 saturated heterocycles. The Balaban J connectivity index is 2.00. The summed E-state index contributed by atoms with van der Waals surface area (Å²) >= 11 is 0. The summed E-state index contributed by atoms with van der Waals surface area (Å²) in [7, 11) is 0. The van der Waals surface area contributed by atoms with E-state index in [9.17, 15) is 4.79 Å². The highest BCUT2D eigenvalue weighted by molar-refractivity contribution is 5.89. The fourth-order valence-electron chi connectivity index (χ4n) is 2.74. The molecule has 0 unspecified atom stereocenters. The Labute approximate surface area is 115 Å². The number of nitrogens with one attached hydrogen (secondary N) is 2. The van der Waals surface area contributed by atoms with Crippen molar-refractivity contribution < 1.29 is 4.79 Å². The molecule has 19 heavy (non-hydrogen) atoms. The average molecular weight is 260 g/mol. The lowest BCUT2D eigenvalue weighted by Gasteiger charge is -2.22. The summed E-state index contributed by atoms with van der Waals surface area (Å²) in [4.78, 5) is 11.7. The first-order valence-corrected chi connectivity index (χ1v) is 7.32. The molecule has 0 aromatic heterocycles. The molecule has 3 heteroatoms. The molecule has 0 spiro atoms. The molecule has 0 heterocycles. The number of amides is 2. The van der Waals surface area contributed by atoms with Crippen LogP contribution in [0, 0.1) is 0 Å². The second-order valence-electron chi connectivity index (χ2n) is 5.71. The molecule has 0 radical (unpaired) electrons.